The van der Waals surface area contributed by atoms with Crippen molar-refractivity contribution in [3.8, 4) is 0 Å². The zero-order chi connectivity index (χ0) is 12.5. The van der Waals surface area contributed by atoms with Gasteiger partial charge in [-0.05, 0) is 37.0 Å². The highest BCUT2D eigenvalue weighted by atomic mass is 19.1. The van der Waals surface area contributed by atoms with Crippen molar-refractivity contribution in [2.45, 2.75) is 26.3 Å². The predicted molar refractivity (Wildman–Crippen MR) is 55.1 cm³/mol. The molecule has 0 saturated heterocycles. The van der Waals surface area contributed by atoms with E-state index < -0.39 is 23.6 Å². The van der Waals surface area contributed by atoms with E-state index in [1.54, 1.807) is 0 Å². The molecule has 0 fully saturated rings. The molecule has 1 aromatic carbocycles. The van der Waals surface area contributed by atoms with Crippen molar-refractivity contribution < 1.29 is 18.7 Å². The molecule has 1 rings (SSSR count). The zero-order valence-corrected chi connectivity index (χ0v) is 9.05. The fraction of sp³-hybridized carbons (Fsp3) is 0.364. The Hall–Kier alpha value is -1.49. The van der Waals surface area contributed by atoms with Crippen molar-refractivity contribution >= 4 is 5.97 Å². The predicted octanol–water partition coefficient (Wildman–Crippen LogP) is 1.54. The Labute approximate surface area is 91.9 Å². The third-order valence-electron chi connectivity index (χ3n) is 2.62. The third-order valence-corrected chi connectivity index (χ3v) is 2.62. The van der Waals surface area contributed by atoms with Gasteiger partial charge in [0.25, 0.3) is 0 Å². The van der Waals surface area contributed by atoms with E-state index >= 15 is 0 Å². The standard InChI is InChI=1S/C11H13F2NO2/c1-5-7(3-10(14)11(15)16)6(2)9(13)4-8(5)12/h4,10H,3,14H2,1-2H3,(H,15,16). The number of carbonyl (C=O) groups is 1. The normalized spacial score (nSPS) is 12.6. The van der Waals surface area contributed by atoms with Crippen LogP contribution in [0.25, 0.3) is 0 Å². The number of nitrogens with two attached hydrogens (primary N) is 1. The molecule has 0 aliphatic rings. The summed E-state index contributed by atoms with van der Waals surface area (Å²) in [5.41, 5.74) is 6.16. The Kier molecular flexibility index (Phi) is 3.59. The van der Waals surface area contributed by atoms with Crippen molar-refractivity contribution in [2.24, 2.45) is 5.73 Å². The largest absolute Gasteiger partial charge is 0.480 e. The number of carboxylic acid groups (broad SMARTS) is 1. The van der Waals surface area contributed by atoms with Crippen LogP contribution in [-0.4, -0.2) is 17.1 Å². The second kappa shape index (κ2) is 4.57. The van der Waals surface area contributed by atoms with Crippen LogP contribution in [0, 0.1) is 25.5 Å². The Morgan fingerprint density at radius 2 is 1.81 bits per heavy atom. The Balaban J connectivity index is 3.17. The number of carboxylic acids is 1. The summed E-state index contributed by atoms with van der Waals surface area (Å²) in [6, 6.07) is -0.362. The summed E-state index contributed by atoms with van der Waals surface area (Å²) >= 11 is 0. The molecular weight excluding hydrogens is 216 g/mol. The van der Waals surface area contributed by atoms with E-state index in [1.807, 2.05) is 0 Å². The first-order valence-corrected chi connectivity index (χ1v) is 4.77. The van der Waals surface area contributed by atoms with Crippen molar-refractivity contribution in [1.82, 2.24) is 0 Å². The minimum Gasteiger partial charge on any atom is -0.480 e. The lowest BCUT2D eigenvalue weighted by atomic mass is 9.96. The first kappa shape index (κ1) is 12.6. The van der Waals surface area contributed by atoms with Gasteiger partial charge in [-0.15, -0.1) is 0 Å². The molecule has 0 aromatic heterocycles. The fourth-order valence-electron chi connectivity index (χ4n) is 1.51. The van der Waals surface area contributed by atoms with Crippen molar-refractivity contribution in [2.75, 3.05) is 0 Å². The topological polar surface area (TPSA) is 63.3 Å². The van der Waals surface area contributed by atoms with Gasteiger partial charge in [0, 0.05) is 6.07 Å². The van der Waals surface area contributed by atoms with Crippen LogP contribution in [0.5, 0.6) is 0 Å². The Bertz CT molecular complexity index is 406. The SMILES string of the molecule is Cc1c(F)cc(F)c(C)c1CC(N)C(=O)O. The molecule has 1 atom stereocenters. The highest BCUT2D eigenvalue weighted by Crippen LogP contribution is 2.21. The second-order valence-electron chi connectivity index (χ2n) is 3.72. The third kappa shape index (κ3) is 2.36. The number of benzene rings is 1. The fourth-order valence-corrected chi connectivity index (χ4v) is 1.51. The first-order chi connectivity index (χ1) is 7.34. The molecular formula is C11H13F2NO2. The molecule has 16 heavy (non-hydrogen) atoms. The van der Waals surface area contributed by atoms with Gasteiger partial charge in [-0.2, -0.15) is 0 Å². The number of rotatable bonds is 3. The molecule has 3 nitrogen and oxygen atoms in total. The highest BCUT2D eigenvalue weighted by molar-refractivity contribution is 5.73. The summed E-state index contributed by atoms with van der Waals surface area (Å²) in [4.78, 5) is 10.6. The van der Waals surface area contributed by atoms with Crippen molar-refractivity contribution in [3.63, 3.8) is 0 Å². The van der Waals surface area contributed by atoms with Gasteiger partial charge in [0.05, 0.1) is 0 Å². The summed E-state index contributed by atoms with van der Waals surface area (Å²) in [7, 11) is 0. The van der Waals surface area contributed by atoms with Crippen LogP contribution in [0.4, 0.5) is 8.78 Å². The Morgan fingerprint density at radius 1 is 1.38 bits per heavy atom. The smallest absolute Gasteiger partial charge is 0.320 e. The average Bonchev–Trinajstić information content (AvgIpc) is 2.21. The monoisotopic (exact) mass is 229 g/mol. The first-order valence-electron chi connectivity index (χ1n) is 4.77. The minimum absolute atomic E-state index is 0.0817. The van der Waals surface area contributed by atoms with E-state index in [2.05, 4.69) is 0 Å². The summed E-state index contributed by atoms with van der Waals surface area (Å²) in [5.74, 6) is -2.56. The molecule has 1 unspecified atom stereocenters. The van der Waals surface area contributed by atoms with E-state index in [1.165, 1.54) is 13.8 Å². The maximum atomic E-state index is 13.2. The van der Waals surface area contributed by atoms with E-state index in [-0.39, 0.29) is 17.5 Å². The van der Waals surface area contributed by atoms with Gasteiger partial charge in [0.1, 0.15) is 17.7 Å². The quantitative estimate of drug-likeness (QED) is 0.826. The maximum Gasteiger partial charge on any atom is 0.320 e. The number of hydrogen-bond acceptors (Lipinski definition) is 2. The molecule has 0 saturated carbocycles. The number of halogens is 2. The second-order valence-corrected chi connectivity index (χ2v) is 3.72. The summed E-state index contributed by atoms with van der Waals surface area (Å²) in [6.07, 6.45) is -0.0817. The van der Waals surface area contributed by atoms with Crippen LogP contribution in [0.3, 0.4) is 0 Å². The van der Waals surface area contributed by atoms with Crippen LogP contribution < -0.4 is 5.73 Å². The number of aliphatic carboxylic acids is 1. The van der Waals surface area contributed by atoms with Gasteiger partial charge >= 0.3 is 5.97 Å². The number of hydrogen-bond donors (Lipinski definition) is 2. The molecule has 0 heterocycles. The van der Waals surface area contributed by atoms with E-state index in [9.17, 15) is 13.6 Å². The van der Waals surface area contributed by atoms with E-state index in [0.717, 1.165) is 6.07 Å². The van der Waals surface area contributed by atoms with Crippen molar-refractivity contribution in [3.05, 3.63) is 34.4 Å². The molecule has 0 aliphatic heterocycles. The van der Waals surface area contributed by atoms with E-state index in [4.69, 9.17) is 10.8 Å². The van der Waals surface area contributed by atoms with Crippen molar-refractivity contribution in [1.29, 1.82) is 0 Å². The molecule has 0 aliphatic carbocycles. The van der Waals surface area contributed by atoms with Crippen LogP contribution >= 0.6 is 0 Å². The molecule has 88 valence electrons. The molecule has 3 N–H and O–H groups in total. The summed E-state index contributed by atoms with van der Waals surface area (Å²) in [6.45, 7) is 2.96. The lowest BCUT2D eigenvalue weighted by Crippen LogP contribution is -2.33. The van der Waals surface area contributed by atoms with Gasteiger partial charge in [0.2, 0.25) is 0 Å². The molecule has 0 radical (unpaired) electrons. The molecule has 1 aromatic rings. The van der Waals surface area contributed by atoms with E-state index in [0.29, 0.717) is 5.56 Å². The highest BCUT2D eigenvalue weighted by Gasteiger charge is 2.18. The van der Waals surface area contributed by atoms with Crippen LogP contribution in [0.2, 0.25) is 0 Å². The molecule has 0 bridgehead atoms. The van der Waals surface area contributed by atoms with Crippen LogP contribution in [0.1, 0.15) is 16.7 Å². The summed E-state index contributed by atoms with van der Waals surface area (Å²) in [5, 5.41) is 8.65. The van der Waals surface area contributed by atoms with Crippen LogP contribution in [-0.2, 0) is 11.2 Å². The summed E-state index contributed by atoms with van der Waals surface area (Å²) < 4.78 is 26.5. The molecule has 0 spiro atoms. The van der Waals surface area contributed by atoms with Crippen LogP contribution in [0.15, 0.2) is 6.07 Å². The lowest BCUT2D eigenvalue weighted by molar-refractivity contribution is -0.138. The lowest BCUT2D eigenvalue weighted by Gasteiger charge is -2.13. The maximum absolute atomic E-state index is 13.2. The van der Waals surface area contributed by atoms with Gasteiger partial charge in [-0.25, -0.2) is 8.78 Å². The van der Waals surface area contributed by atoms with Gasteiger partial charge in [-0.1, -0.05) is 0 Å². The molecule has 0 amide bonds. The van der Waals surface area contributed by atoms with Gasteiger partial charge < -0.3 is 10.8 Å². The van der Waals surface area contributed by atoms with Gasteiger partial charge in [0.15, 0.2) is 0 Å². The van der Waals surface area contributed by atoms with Gasteiger partial charge in [-0.3, -0.25) is 4.79 Å². The Morgan fingerprint density at radius 3 is 2.19 bits per heavy atom. The molecule has 5 heteroatoms. The zero-order valence-electron chi connectivity index (χ0n) is 9.05. The average molecular weight is 229 g/mol. The minimum atomic E-state index is -1.19.